The van der Waals surface area contributed by atoms with Gasteiger partial charge in [-0.15, -0.1) is 0 Å². The van der Waals surface area contributed by atoms with Gasteiger partial charge in [-0.25, -0.2) is 13.6 Å². The van der Waals surface area contributed by atoms with Crippen molar-refractivity contribution in [3.8, 4) is 0 Å². The molecule has 21 heavy (non-hydrogen) atoms. The van der Waals surface area contributed by atoms with Crippen molar-refractivity contribution in [2.75, 3.05) is 25.4 Å². The van der Waals surface area contributed by atoms with Crippen molar-refractivity contribution in [3.63, 3.8) is 0 Å². The first kappa shape index (κ1) is 14.4. The van der Waals surface area contributed by atoms with E-state index < -0.39 is 23.9 Å². The first-order chi connectivity index (χ1) is 9.95. The third-order valence-electron chi connectivity index (χ3n) is 3.95. The summed E-state index contributed by atoms with van der Waals surface area (Å²) in [5.74, 6) is -3.09. The number of alkyl halides is 2. The largest absolute Gasteiger partial charge is 0.383 e. The zero-order valence-corrected chi connectivity index (χ0v) is 11.5. The Balaban J connectivity index is 1.77. The van der Waals surface area contributed by atoms with E-state index in [0.29, 0.717) is 6.54 Å². The Labute approximate surface area is 120 Å². The summed E-state index contributed by atoms with van der Waals surface area (Å²) in [4.78, 5) is 17.3. The van der Waals surface area contributed by atoms with E-state index in [4.69, 9.17) is 10.5 Å². The third kappa shape index (κ3) is 2.91. The molecule has 0 bridgehead atoms. The van der Waals surface area contributed by atoms with Crippen LogP contribution in [0.3, 0.4) is 0 Å². The molecule has 0 saturated carbocycles. The molecule has 0 spiro atoms. The zero-order valence-electron chi connectivity index (χ0n) is 11.5. The number of nitrogens with two attached hydrogens (primary N) is 1. The summed E-state index contributed by atoms with van der Waals surface area (Å²) < 4.78 is 34.5. The Bertz CT molecular complexity index is 572. The maximum Gasteiger partial charge on any atom is 0.351 e. The average molecular weight is 300 g/mol. The predicted molar refractivity (Wildman–Crippen MR) is 72.1 cm³/mol. The second kappa shape index (κ2) is 5.34. The summed E-state index contributed by atoms with van der Waals surface area (Å²) in [5.41, 5.74) is 4.55. The maximum atomic E-state index is 14.1. The molecule has 2 N–H and O–H groups in total. The number of likely N-dealkylation sites (tertiary alicyclic amines) is 1. The molecule has 2 atom stereocenters. The zero-order chi connectivity index (χ0) is 15.0. The average Bonchev–Trinajstić information content (AvgIpc) is 2.98. The molecule has 2 unspecified atom stereocenters. The predicted octanol–water partition coefficient (Wildman–Crippen LogP) is 0.844. The van der Waals surface area contributed by atoms with Gasteiger partial charge in [-0.3, -0.25) is 4.57 Å². The molecular weight excluding hydrogens is 282 g/mol. The molecule has 0 radical (unpaired) electrons. The van der Waals surface area contributed by atoms with Gasteiger partial charge in [0.25, 0.3) is 5.92 Å². The summed E-state index contributed by atoms with van der Waals surface area (Å²) in [6.45, 7) is 2.31. The smallest absolute Gasteiger partial charge is 0.351 e. The van der Waals surface area contributed by atoms with Gasteiger partial charge in [0, 0.05) is 19.2 Å². The number of ether oxygens (including phenoxy) is 1. The van der Waals surface area contributed by atoms with E-state index in [1.807, 2.05) is 0 Å². The molecule has 1 aromatic rings. The molecule has 6 nitrogen and oxygen atoms in total. The normalized spacial score (nSPS) is 29.0. The summed E-state index contributed by atoms with van der Waals surface area (Å²) >= 11 is 0. The first-order valence-corrected chi connectivity index (χ1v) is 7.06. The second-order valence-electron chi connectivity index (χ2n) is 5.63. The highest BCUT2D eigenvalue weighted by Crippen LogP contribution is 2.42. The van der Waals surface area contributed by atoms with E-state index in [2.05, 4.69) is 9.88 Å². The number of halogens is 2. The Morgan fingerprint density at radius 2 is 2.14 bits per heavy atom. The van der Waals surface area contributed by atoms with Crippen LogP contribution in [0.15, 0.2) is 17.1 Å². The lowest BCUT2D eigenvalue weighted by molar-refractivity contribution is -0.118. The number of hydrogen-bond acceptors (Lipinski definition) is 5. The molecule has 0 amide bonds. The molecule has 2 fully saturated rings. The fraction of sp³-hybridized carbons (Fsp3) is 0.692. The Kier molecular flexibility index (Phi) is 3.66. The first-order valence-electron chi connectivity index (χ1n) is 7.06. The fourth-order valence-electron chi connectivity index (χ4n) is 2.97. The van der Waals surface area contributed by atoms with Crippen molar-refractivity contribution < 1.29 is 13.5 Å². The molecule has 2 aliphatic rings. The van der Waals surface area contributed by atoms with Gasteiger partial charge in [0.15, 0.2) is 0 Å². The molecular formula is C13H18F2N4O2. The van der Waals surface area contributed by atoms with Crippen LogP contribution in [0, 0.1) is 0 Å². The maximum absolute atomic E-state index is 14.1. The van der Waals surface area contributed by atoms with Crippen LogP contribution < -0.4 is 11.4 Å². The molecule has 1 aromatic heterocycles. The van der Waals surface area contributed by atoms with E-state index in [0.717, 1.165) is 30.5 Å². The number of aromatic nitrogens is 2. The molecule has 8 heteroatoms. The number of hydrogen-bond donors (Lipinski definition) is 1. The Hall–Kier alpha value is -1.54. The van der Waals surface area contributed by atoms with Crippen LogP contribution in [0.4, 0.5) is 14.6 Å². The minimum atomic E-state index is -3.09. The lowest BCUT2D eigenvalue weighted by Gasteiger charge is -2.21. The SMILES string of the molecule is Nc1ccn(C2OC(CN3CCCC3)CC2(F)F)c(=O)n1. The van der Waals surface area contributed by atoms with Crippen LogP contribution in [0.5, 0.6) is 0 Å². The van der Waals surface area contributed by atoms with Gasteiger partial charge in [-0.2, -0.15) is 4.98 Å². The summed E-state index contributed by atoms with van der Waals surface area (Å²) in [7, 11) is 0. The molecule has 2 aliphatic heterocycles. The van der Waals surface area contributed by atoms with Gasteiger partial charge >= 0.3 is 5.69 Å². The van der Waals surface area contributed by atoms with Crippen LogP contribution in [-0.2, 0) is 4.74 Å². The quantitative estimate of drug-likeness (QED) is 0.895. The van der Waals surface area contributed by atoms with Gasteiger partial charge in [-0.05, 0) is 32.0 Å². The third-order valence-corrected chi connectivity index (χ3v) is 3.95. The fourth-order valence-corrected chi connectivity index (χ4v) is 2.97. The molecule has 0 aliphatic carbocycles. The topological polar surface area (TPSA) is 73.4 Å². The minimum Gasteiger partial charge on any atom is -0.383 e. The van der Waals surface area contributed by atoms with Crippen LogP contribution in [0.1, 0.15) is 25.5 Å². The molecule has 0 aromatic carbocycles. The van der Waals surface area contributed by atoms with Crippen molar-refractivity contribution in [1.82, 2.24) is 14.5 Å². The lowest BCUT2D eigenvalue weighted by atomic mass is 10.1. The Morgan fingerprint density at radius 1 is 1.43 bits per heavy atom. The molecule has 3 rings (SSSR count). The van der Waals surface area contributed by atoms with Crippen molar-refractivity contribution in [2.24, 2.45) is 0 Å². The van der Waals surface area contributed by atoms with Gasteiger partial charge in [0.05, 0.1) is 6.10 Å². The highest BCUT2D eigenvalue weighted by Gasteiger charge is 2.52. The highest BCUT2D eigenvalue weighted by atomic mass is 19.3. The molecule has 2 saturated heterocycles. The van der Waals surface area contributed by atoms with E-state index in [1.165, 1.54) is 12.3 Å². The molecule has 3 heterocycles. The van der Waals surface area contributed by atoms with Crippen molar-refractivity contribution in [1.29, 1.82) is 0 Å². The van der Waals surface area contributed by atoms with Crippen LogP contribution in [-0.4, -0.2) is 46.1 Å². The summed E-state index contributed by atoms with van der Waals surface area (Å²) in [6, 6.07) is 1.31. The van der Waals surface area contributed by atoms with Gasteiger partial charge < -0.3 is 15.4 Å². The summed E-state index contributed by atoms with van der Waals surface area (Å²) in [5, 5.41) is 0. The number of anilines is 1. The minimum absolute atomic E-state index is 0.00572. The van der Waals surface area contributed by atoms with Crippen molar-refractivity contribution >= 4 is 5.82 Å². The van der Waals surface area contributed by atoms with Gasteiger partial charge in [0.2, 0.25) is 6.23 Å². The van der Waals surface area contributed by atoms with E-state index in [9.17, 15) is 13.6 Å². The summed E-state index contributed by atoms with van der Waals surface area (Å²) in [6.07, 6.45) is 0.826. The van der Waals surface area contributed by atoms with E-state index in [1.54, 1.807) is 0 Å². The van der Waals surface area contributed by atoms with Crippen LogP contribution >= 0.6 is 0 Å². The second-order valence-corrected chi connectivity index (χ2v) is 5.63. The number of nitrogen functional groups attached to an aromatic ring is 1. The monoisotopic (exact) mass is 300 g/mol. The standard InChI is InChI=1S/C13H18F2N4O2/c14-13(15)7-9(8-18-4-1-2-5-18)21-11(13)19-6-3-10(16)17-12(19)20/h3,6,9,11H,1-2,4-5,7-8H2,(H2,16,17,20). The number of nitrogens with zero attached hydrogens (tertiary/aromatic N) is 3. The van der Waals surface area contributed by atoms with Gasteiger partial charge in [0.1, 0.15) is 5.82 Å². The van der Waals surface area contributed by atoms with Crippen LogP contribution in [0.25, 0.3) is 0 Å². The lowest BCUT2D eigenvalue weighted by Crippen LogP contribution is -2.35. The van der Waals surface area contributed by atoms with Crippen molar-refractivity contribution in [2.45, 2.75) is 37.5 Å². The van der Waals surface area contributed by atoms with Crippen LogP contribution in [0.2, 0.25) is 0 Å². The van der Waals surface area contributed by atoms with E-state index >= 15 is 0 Å². The number of rotatable bonds is 3. The Morgan fingerprint density at radius 3 is 2.81 bits per heavy atom. The van der Waals surface area contributed by atoms with Crippen molar-refractivity contribution in [3.05, 3.63) is 22.7 Å². The van der Waals surface area contributed by atoms with Gasteiger partial charge in [-0.1, -0.05) is 0 Å². The van der Waals surface area contributed by atoms with E-state index in [-0.39, 0.29) is 12.2 Å². The molecule has 116 valence electrons. The highest BCUT2D eigenvalue weighted by molar-refractivity contribution is 5.23.